The summed E-state index contributed by atoms with van der Waals surface area (Å²) in [6.45, 7) is 18.8. The summed E-state index contributed by atoms with van der Waals surface area (Å²) in [4.78, 5) is 40.8. The molecule has 0 aliphatic heterocycles. The van der Waals surface area contributed by atoms with E-state index in [4.69, 9.17) is 4.74 Å². The number of rotatable bonds is 6. The van der Waals surface area contributed by atoms with Crippen LogP contribution in [-0.4, -0.2) is 24.1 Å². The molecule has 0 N–H and O–H groups in total. The highest BCUT2D eigenvalue weighted by Gasteiger charge is 2.66. The number of allylic oxidation sites excluding steroid dienone is 3. The minimum atomic E-state index is -1.19. The first kappa shape index (κ1) is 24.2. The van der Waals surface area contributed by atoms with Crippen LogP contribution in [0.5, 0.6) is 0 Å². The van der Waals surface area contributed by atoms with Gasteiger partial charge in [-0.2, -0.15) is 0 Å². The fourth-order valence-corrected chi connectivity index (χ4v) is 7.61. The molecule has 0 aromatic rings. The number of hydrogen-bond acceptors (Lipinski definition) is 4. The summed E-state index contributed by atoms with van der Waals surface area (Å²) in [5.41, 5.74) is -0.860. The van der Waals surface area contributed by atoms with Crippen molar-refractivity contribution >= 4 is 17.5 Å². The first-order valence-corrected chi connectivity index (χ1v) is 12.6. The smallest absolute Gasteiger partial charge is 0.320 e. The summed E-state index contributed by atoms with van der Waals surface area (Å²) in [5, 5.41) is 0. The molecule has 4 aliphatic carbocycles. The monoisotopic (exact) mass is 452 g/mol. The lowest BCUT2D eigenvalue weighted by Gasteiger charge is -2.31. The summed E-state index contributed by atoms with van der Waals surface area (Å²) in [7, 11) is 0. The van der Waals surface area contributed by atoms with E-state index in [1.165, 1.54) is 0 Å². The number of esters is 1. The zero-order valence-electron chi connectivity index (χ0n) is 21.5. The van der Waals surface area contributed by atoms with Crippen LogP contribution in [0.15, 0.2) is 36.0 Å². The van der Waals surface area contributed by atoms with Crippen molar-refractivity contribution in [3.05, 3.63) is 36.0 Å². The van der Waals surface area contributed by atoms with Gasteiger partial charge in [0.2, 0.25) is 0 Å². The second-order valence-corrected chi connectivity index (χ2v) is 12.4. The first-order valence-electron chi connectivity index (χ1n) is 12.6. The molecule has 4 saturated carbocycles. The minimum Gasteiger partial charge on any atom is -0.465 e. The molecule has 0 saturated heterocycles. The second kappa shape index (κ2) is 7.26. The highest BCUT2D eigenvalue weighted by atomic mass is 16.5. The molecule has 0 heterocycles. The number of fused-ring (bicyclic) bond motifs is 4. The molecular weight excluding hydrogens is 412 g/mol. The Morgan fingerprint density at radius 1 is 0.939 bits per heavy atom. The molecule has 4 bridgehead atoms. The Labute approximate surface area is 198 Å². The third kappa shape index (κ3) is 2.85. The number of hydrogen-bond donors (Lipinski definition) is 0. The molecule has 33 heavy (non-hydrogen) atoms. The Bertz CT molecular complexity index is 929. The molecule has 0 unspecified atom stereocenters. The Morgan fingerprint density at radius 2 is 1.36 bits per heavy atom. The van der Waals surface area contributed by atoms with Crippen LogP contribution >= 0.6 is 0 Å². The minimum absolute atomic E-state index is 0.108. The van der Waals surface area contributed by atoms with Crippen LogP contribution in [0.25, 0.3) is 0 Å². The molecule has 4 fully saturated rings. The van der Waals surface area contributed by atoms with Gasteiger partial charge in [-0.05, 0) is 72.8 Å². The van der Waals surface area contributed by atoms with E-state index in [1.54, 1.807) is 13.0 Å². The predicted octanol–water partition coefficient (Wildman–Crippen LogP) is 6.02. The highest BCUT2D eigenvalue weighted by Crippen LogP contribution is 2.67. The van der Waals surface area contributed by atoms with Gasteiger partial charge in [0.25, 0.3) is 0 Å². The highest BCUT2D eigenvalue weighted by molar-refractivity contribution is 6.07. The summed E-state index contributed by atoms with van der Waals surface area (Å²) < 4.78 is 5.57. The van der Waals surface area contributed by atoms with Gasteiger partial charge in [0, 0.05) is 10.8 Å². The van der Waals surface area contributed by atoms with Gasteiger partial charge in [-0.15, -0.1) is 6.58 Å². The zero-order valence-corrected chi connectivity index (χ0v) is 21.5. The topological polar surface area (TPSA) is 60.4 Å². The van der Waals surface area contributed by atoms with Crippen LogP contribution in [0.2, 0.25) is 0 Å². The van der Waals surface area contributed by atoms with Crippen molar-refractivity contribution in [3.8, 4) is 0 Å². The van der Waals surface area contributed by atoms with E-state index < -0.39 is 22.2 Å². The first-order chi connectivity index (χ1) is 15.2. The SMILES string of the molecule is C=CCC(/C=C1\C(=O)[C@@]2(C)CC[C@H]1C2(C)C)(/C=C1\C(=O)[C@@]2(C)CC[C@H]1C2(C)C)C(=O)OCC. The van der Waals surface area contributed by atoms with Gasteiger partial charge in [-0.25, -0.2) is 0 Å². The standard InChI is InChI=1S/C29H40O4/c1-9-13-29(24(32)33-10-2,16-18-20-11-14-27(7,22(18)30)25(20,3)4)17-19-21-12-15-28(8,23(19)31)26(21,5)6/h9,16-17,20-21H,1,10-15H2,2-8H3/b18-16-,19-17-/t20-,21-,27-,28-/m1/s1. The van der Waals surface area contributed by atoms with Crippen molar-refractivity contribution in [2.24, 2.45) is 38.9 Å². The van der Waals surface area contributed by atoms with Crippen LogP contribution in [0.1, 0.15) is 80.6 Å². The molecule has 4 rings (SSSR count). The average Bonchev–Trinajstić information content (AvgIpc) is 3.21. The molecule has 4 atom stereocenters. The lowest BCUT2D eigenvalue weighted by atomic mass is 9.70. The second-order valence-electron chi connectivity index (χ2n) is 12.4. The molecule has 0 radical (unpaired) electrons. The fourth-order valence-electron chi connectivity index (χ4n) is 7.61. The van der Waals surface area contributed by atoms with Gasteiger partial charge in [0.15, 0.2) is 11.6 Å². The van der Waals surface area contributed by atoms with Crippen LogP contribution < -0.4 is 0 Å². The number of carbonyl (C=O) groups is 3. The summed E-state index contributed by atoms with van der Waals surface area (Å²) in [5.74, 6) is 0.105. The Hall–Kier alpha value is -1.97. The van der Waals surface area contributed by atoms with Crippen molar-refractivity contribution in [1.82, 2.24) is 0 Å². The summed E-state index contributed by atoms with van der Waals surface area (Å²) in [6.07, 6.45) is 9.38. The van der Waals surface area contributed by atoms with Crippen LogP contribution in [-0.2, 0) is 19.1 Å². The predicted molar refractivity (Wildman–Crippen MR) is 129 cm³/mol. The zero-order chi connectivity index (χ0) is 24.6. The average molecular weight is 453 g/mol. The van der Waals surface area contributed by atoms with Gasteiger partial charge in [0.05, 0.1) is 6.61 Å². The summed E-state index contributed by atoms with van der Waals surface area (Å²) >= 11 is 0. The van der Waals surface area contributed by atoms with Crippen molar-refractivity contribution in [3.63, 3.8) is 0 Å². The molecule has 0 aromatic heterocycles. The molecule has 180 valence electrons. The fraction of sp³-hybridized carbons (Fsp3) is 0.690. The number of ketones is 2. The van der Waals surface area contributed by atoms with Crippen LogP contribution in [0, 0.1) is 38.9 Å². The van der Waals surface area contributed by atoms with E-state index in [0.29, 0.717) is 6.42 Å². The van der Waals surface area contributed by atoms with E-state index >= 15 is 0 Å². The number of ether oxygens (including phenoxy) is 1. The lowest BCUT2D eigenvalue weighted by molar-refractivity contribution is -0.149. The van der Waals surface area contributed by atoms with Crippen molar-refractivity contribution in [1.29, 1.82) is 0 Å². The summed E-state index contributed by atoms with van der Waals surface area (Å²) in [6, 6.07) is 0. The van der Waals surface area contributed by atoms with Gasteiger partial charge in [0.1, 0.15) is 5.41 Å². The normalized spacial score (nSPS) is 38.5. The van der Waals surface area contributed by atoms with E-state index in [2.05, 4.69) is 48.1 Å². The van der Waals surface area contributed by atoms with Gasteiger partial charge < -0.3 is 4.74 Å². The van der Waals surface area contributed by atoms with E-state index in [-0.39, 0.29) is 40.8 Å². The van der Waals surface area contributed by atoms with E-state index in [1.807, 2.05) is 12.2 Å². The molecule has 0 aromatic carbocycles. The maximum atomic E-state index is 13.6. The molecule has 4 nitrogen and oxygen atoms in total. The van der Waals surface area contributed by atoms with E-state index in [0.717, 1.165) is 36.8 Å². The van der Waals surface area contributed by atoms with Crippen molar-refractivity contribution in [2.75, 3.05) is 6.61 Å². The number of carbonyl (C=O) groups excluding carboxylic acids is 3. The molecule has 4 heteroatoms. The van der Waals surface area contributed by atoms with Crippen molar-refractivity contribution < 1.29 is 19.1 Å². The van der Waals surface area contributed by atoms with Gasteiger partial charge in [-0.3, -0.25) is 14.4 Å². The maximum absolute atomic E-state index is 13.6. The lowest BCUT2D eigenvalue weighted by Crippen LogP contribution is -2.34. The number of Topliss-reactive ketones (excluding diaryl/α,β-unsaturated/α-hetero) is 2. The maximum Gasteiger partial charge on any atom is 0.320 e. The van der Waals surface area contributed by atoms with E-state index in [9.17, 15) is 14.4 Å². The third-order valence-electron chi connectivity index (χ3n) is 10.7. The third-order valence-corrected chi connectivity index (χ3v) is 10.7. The van der Waals surface area contributed by atoms with Crippen LogP contribution in [0.4, 0.5) is 0 Å². The molecule has 4 aliphatic rings. The molecule has 0 spiro atoms. The Kier molecular flexibility index (Phi) is 5.32. The largest absolute Gasteiger partial charge is 0.465 e. The van der Waals surface area contributed by atoms with Gasteiger partial charge >= 0.3 is 5.97 Å². The van der Waals surface area contributed by atoms with Crippen LogP contribution in [0.3, 0.4) is 0 Å². The molecular formula is C29H40O4. The Morgan fingerprint density at radius 3 is 1.67 bits per heavy atom. The quantitative estimate of drug-likeness (QED) is 0.281. The van der Waals surface area contributed by atoms with Gasteiger partial charge in [-0.1, -0.05) is 59.8 Å². The Balaban J connectivity index is 1.91. The molecule has 0 amide bonds. The van der Waals surface area contributed by atoms with Crippen molar-refractivity contribution in [2.45, 2.75) is 80.6 Å².